The molecule has 0 spiro atoms. The average Bonchev–Trinajstić information content (AvgIpc) is 3.76. The highest BCUT2D eigenvalue weighted by molar-refractivity contribution is 7.81. The van der Waals surface area contributed by atoms with Gasteiger partial charge in [0.25, 0.3) is 5.91 Å². The first-order valence-corrected chi connectivity index (χ1v) is 20.1. The molecular formula is C46H43N5O7S. The van der Waals surface area contributed by atoms with Crippen molar-refractivity contribution in [3.63, 3.8) is 0 Å². The molecule has 2 atom stereocenters. The molecule has 0 radical (unpaired) electrons. The fourth-order valence-electron chi connectivity index (χ4n) is 8.52. The van der Waals surface area contributed by atoms with Crippen molar-refractivity contribution >= 4 is 65.0 Å². The number of ether oxygens (including phenoxy) is 4. The van der Waals surface area contributed by atoms with Crippen molar-refractivity contribution in [2.24, 2.45) is 0 Å². The quantitative estimate of drug-likeness (QED) is 0.0928. The van der Waals surface area contributed by atoms with Crippen LogP contribution in [0, 0.1) is 0 Å². The summed E-state index contributed by atoms with van der Waals surface area (Å²) < 4.78 is 26.3. The number of rotatable bonds is 10. The van der Waals surface area contributed by atoms with Gasteiger partial charge in [0.05, 0.1) is 43.0 Å². The topological polar surface area (TPSA) is 113 Å². The van der Waals surface area contributed by atoms with Gasteiger partial charge in [0, 0.05) is 54.5 Å². The van der Waals surface area contributed by atoms with Gasteiger partial charge in [-0.25, -0.2) is 0 Å². The Morgan fingerprint density at radius 3 is 2.05 bits per heavy atom. The van der Waals surface area contributed by atoms with Crippen LogP contribution in [0.1, 0.15) is 43.0 Å². The van der Waals surface area contributed by atoms with Crippen molar-refractivity contribution in [1.29, 1.82) is 0 Å². The maximum absolute atomic E-state index is 14.1. The normalized spacial score (nSPS) is 17.2. The highest BCUT2D eigenvalue weighted by Gasteiger charge is 2.38. The van der Waals surface area contributed by atoms with Crippen LogP contribution in [0.5, 0.6) is 23.0 Å². The average molecular weight is 810 g/mol. The van der Waals surface area contributed by atoms with Crippen molar-refractivity contribution in [1.82, 2.24) is 0 Å². The third-order valence-electron chi connectivity index (χ3n) is 11.5. The van der Waals surface area contributed by atoms with Gasteiger partial charge in [-0.3, -0.25) is 14.4 Å². The Balaban J connectivity index is 0.983. The lowest BCUT2D eigenvalue weighted by Crippen LogP contribution is -2.39. The summed E-state index contributed by atoms with van der Waals surface area (Å²) in [7, 11) is 6.68. The minimum atomic E-state index is -0.242. The molecule has 4 aliphatic heterocycles. The molecule has 0 fully saturated rings. The van der Waals surface area contributed by atoms with Gasteiger partial charge < -0.3 is 43.5 Å². The Morgan fingerprint density at radius 1 is 0.797 bits per heavy atom. The van der Waals surface area contributed by atoms with Gasteiger partial charge in [-0.2, -0.15) is 12.6 Å². The molecule has 4 aliphatic rings. The van der Waals surface area contributed by atoms with Gasteiger partial charge >= 0.3 is 0 Å². The van der Waals surface area contributed by atoms with E-state index < -0.39 is 0 Å². The Morgan fingerprint density at radius 2 is 1.39 bits per heavy atom. The van der Waals surface area contributed by atoms with Crippen molar-refractivity contribution in [3.8, 4) is 23.0 Å². The Hall–Kier alpha value is -6.47. The largest absolute Gasteiger partial charge is 0.493 e. The van der Waals surface area contributed by atoms with Gasteiger partial charge in [0.1, 0.15) is 26.0 Å². The summed E-state index contributed by atoms with van der Waals surface area (Å²) in [5.41, 5.74) is 8.55. The van der Waals surface area contributed by atoms with Crippen molar-refractivity contribution < 1.29 is 37.9 Å². The number of amides is 3. The highest BCUT2D eigenvalue weighted by Crippen LogP contribution is 2.43. The number of thiol groups is 1. The van der Waals surface area contributed by atoms with E-state index in [-0.39, 0.29) is 48.8 Å². The van der Waals surface area contributed by atoms with E-state index in [2.05, 4.69) is 30.2 Å². The van der Waals surface area contributed by atoms with E-state index in [4.69, 9.17) is 18.9 Å². The predicted octanol–water partition coefficient (Wildman–Crippen LogP) is 6.56. The van der Waals surface area contributed by atoms with Gasteiger partial charge in [0.2, 0.25) is 11.8 Å². The molecule has 13 heteroatoms. The Labute approximate surface area is 348 Å². The number of para-hydroxylation sites is 2. The maximum Gasteiger partial charge on any atom is 0.260 e. The van der Waals surface area contributed by atoms with E-state index in [9.17, 15) is 14.4 Å². The van der Waals surface area contributed by atoms with Crippen LogP contribution in [-0.2, 0) is 30.8 Å². The minimum absolute atomic E-state index is 0.00953. The van der Waals surface area contributed by atoms with Crippen LogP contribution in [0.4, 0.5) is 28.4 Å². The number of hydrogen-bond donors (Lipinski definition) is 2. The van der Waals surface area contributed by atoms with Gasteiger partial charge in [-0.05, 0) is 83.6 Å². The lowest BCUT2D eigenvalue weighted by atomic mass is 10.1. The van der Waals surface area contributed by atoms with E-state index in [1.165, 1.54) is 0 Å². The second-order valence-corrected chi connectivity index (χ2v) is 15.3. The first kappa shape index (κ1) is 38.1. The standard InChI is InChI=1S/C46H43N5O7S/c1-48-23-33-17-30-10-6-8-12-38(30)51(33)46(54)35-19-41(56-4)43(21-39(35)48)58-25-28-13-27(14-31(15-28)49(2)44(52)26-59)24-57-42-20-36-34(18-40(42)55-3)45(53)50-32(22-47-36)16-29-9-5-7-11-37(29)50/h5-15,18-21,32-33,47,59H,16-17,22,24-26H2,1-4H3/t32-,33-/m0/s1. The summed E-state index contributed by atoms with van der Waals surface area (Å²) in [6.07, 6.45) is 4.93. The van der Waals surface area contributed by atoms with Crippen molar-refractivity contribution in [2.45, 2.75) is 38.1 Å². The van der Waals surface area contributed by atoms with Crippen molar-refractivity contribution in [2.75, 3.05) is 60.6 Å². The molecule has 0 saturated carbocycles. The van der Waals surface area contributed by atoms with Crippen LogP contribution in [0.15, 0.2) is 91.0 Å². The fraction of sp³-hybridized carbons (Fsp3) is 0.261. The number of fused-ring (bicyclic) bond motifs is 8. The summed E-state index contributed by atoms with van der Waals surface area (Å²) in [6, 6.07) is 28.5. The zero-order valence-corrected chi connectivity index (χ0v) is 34.0. The molecule has 5 aromatic carbocycles. The first-order valence-electron chi connectivity index (χ1n) is 19.4. The smallest absolute Gasteiger partial charge is 0.260 e. The summed E-state index contributed by atoms with van der Waals surface area (Å²) in [6.45, 7) is 0.819. The SMILES string of the molecule is COc1cc2c(cc1OCc1cc(COc3cc4c(cc3OC)C(=O)N3c5ccccc5C[C@H]3[C-]=[N+]4C)cc(N(C)C(=O)CS)c1)NC[C@@H]1Cc3ccccc3N1C2=O. The van der Waals surface area contributed by atoms with E-state index in [0.29, 0.717) is 64.2 Å². The van der Waals surface area contributed by atoms with Crippen LogP contribution < -0.4 is 39.0 Å². The molecule has 0 unspecified atom stereocenters. The Kier molecular flexibility index (Phi) is 9.92. The molecule has 1 N–H and O–H groups in total. The number of benzene rings is 5. The van der Waals surface area contributed by atoms with E-state index in [1.807, 2.05) is 89.3 Å². The Bertz CT molecular complexity index is 2580. The molecule has 5 aromatic rings. The molecule has 9 rings (SSSR count). The van der Waals surface area contributed by atoms with Gasteiger partial charge in [-0.1, -0.05) is 36.4 Å². The lowest BCUT2D eigenvalue weighted by Gasteiger charge is -2.23. The fourth-order valence-corrected chi connectivity index (χ4v) is 8.73. The summed E-state index contributed by atoms with van der Waals surface area (Å²) in [5, 5.41) is 3.48. The van der Waals surface area contributed by atoms with Crippen LogP contribution in [0.25, 0.3) is 0 Å². The summed E-state index contributed by atoms with van der Waals surface area (Å²) >= 11 is 4.23. The number of nitrogens with one attached hydrogen (secondary N) is 1. The zero-order valence-electron chi connectivity index (χ0n) is 33.2. The van der Waals surface area contributed by atoms with Gasteiger partial charge in [0.15, 0.2) is 17.2 Å². The number of nitrogens with zero attached hydrogens (tertiary/aromatic N) is 4. The number of hydrogen-bond acceptors (Lipinski definition) is 9. The number of methoxy groups -OCH3 is 2. The van der Waals surface area contributed by atoms with Crippen LogP contribution in [0.2, 0.25) is 0 Å². The highest BCUT2D eigenvalue weighted by atomic mass is 32.1. The zero-order chi connectivity index (χ0) is 40.9. The summed E-state index contributed by atoms with van der Waals surface area (Å²) in [5.74, 6) is 1.36. The molecule has 300 valence electrons. The monoisotopic (exact) mass is 809 g/mol. The van der Waals surface area contributed by atoms with Crippen LogP contribution >= 0.6 is 12.6 Å². The van der Waals surface area contributed by atoms with Crippen LogP contribution in [0.3, 0.4) is 0 Å². The molecule has 4 heterocycles. The number of anilines is 4. The lowest BCUT2D eigenvalue weighted by molar-refractivity contribution is -0.401. The van der Waals surface area contributed by atoms with E-state index in [1.54, 1.807) is 43.2 Å². The second kappa shape index (κ2) is 15.4. The minimum Gasteiger partial charge on any atom is -0.493 e. The molecule has 0 aromatic heterocycles. The maximum atomic E-state index is 14.1. The third kappa shape index (κ3) is 6.78. The predicted molar refractivity (Wildman–Crippen MR) is 229 cm³/mol. The summed E-state index contributed by atoms with van der Waals surface area (Å²) in [4.78, 5) is 46.1. The van der Waals surface area contributed by atoms with E-state index in [0.717, 1.165) is 40.0 Å². The molecular weight excluding hydrogens is 767 g/mol. The van der Waals surface area contributed by atoms with Crippen LogP contribution in [-0.4, -0.2) is 81.2 Å². The number of carbonyl (C=O) groups is 3. The first-order chi connectivity index (χ1) is 28.6. The van der Waals surface area contributed by atoms with Crippen molar-refractivity contribution in [3.05, 3.63) is 124 Å². The molecule has 0 saturated heterocycles. The number of carbonyl (C=O) groups excluding carboxylic acids is 3. The van der Waals surface area contributed by atoms with Gasteiger partial charge in [-0.15, -0.1) is 0 Å². The molecule has 12 nitrogen and oxygen atoms in total. The third-order valence-corrected chi connectivity index (χ3v) is 11.8. The molecule has 59 heavy (non-hydrogen) atoms. The molecule has 0 bridgehead atoms. The molecule has 0 aliphatic carbocycles. The second-order valence-electron chi connectivity index (χ2n) is 15.0. The van der Waals surface area contributed by atoms with E-state index >= 15 is 0 Å². The molecule has 3 amide bonds.